The second-order valence-electron chi connectivity index (χ2n) is 4.41. The van der Waals surface area contributed by atoms with Crippen LogP contribution in [0.3, 0.4) is 0 Å². The van der Waals surface area contributed by atoms with E-state index >= 15 is 0 Å². The van der Waals surface area contributed by atoms with E-state index in [0.717, 1.165) is 13.0 Å². The van der Waals surface area contributed by atoms with Crippen LogP contribution in [0.15, 0.2) is 23.9 Å². The predicted molar refractivity (Wildman–Crippen MR) is 81.4 cm³/mol. The molecule has 0 amide bonds. The monoisotopic (exact) mass is 248 g/mol. The molecule has 2 heteroatoms. The minimum atomic E-state index is 0.810. The molecular formula is C16H28N2. The lowest BCUT2D eigenvalue weighted by atomic mass is 10.1. The highest BCUT2D eigenvalue weighted by atomic mass is 14.8. The third-order valence-electron chi connectivity index (χ3n) is 2.63. The van der Waals surface area contributed by atoms with E-state index in [1.807, 2.05) is 20.3 Å². The zero-order valence-electron chi connectivity index (χ0n) is 12.2. The molecule has 0 aliphatic carbocycles. The van der Waals surface area contributed by atoms with Crippen molar-refractivity contribution in [2.75, 3.05) is 20.6 Å². The second-order valence-corrected chi connectivity index (χ2v) is 4.41. The first-order chi connectivity index (χ1) is 8.81. The molecule has 0 bridgehead atoms. The molecule has 0 rings (SSSR count). The maximum atomic E-state index is 3.18. The van der Waals surface area contributed by atoms with E-state index in [4.69, 9.17) is 0 Å². The third-order valence-corrected chi connectivity index (χ3v) is 2.63. The number of hydrogen-bond acceptors (Lipinski definition) is 2. The van der Waals surface area contributed by atoms with E-state index in [9.17, 15) is 0 Å². The maximum Gasteiger partial charge on any atom is 0.0574 e. The van der Waals surface area contributed by atoms with Gasteiger partial charge in [-0.25, -0.2) is 0 Å². The molecule has 0 aliphatic heterocycles. The maximum absolute atomic E-state index is 3.18. The molecular weight excluding hydrogens is 220 g/mol. The second kappa shape index (κ2) is 13.9. The van der Waals surface area contributed by atoms with E-state index in [0.29, 0.717) is 0 Å². The highest BCUT2D eigenvalue weighted by Gasteiger charge is 1.88. The van der Waals surface area contributed by atoms with Crippen LogP contribution in [-0.4, -0.2) is 20.6 Å². The van der Waals surface area contributed by atoms with Crippen LogP contribution in [-0.2, 0) is 0 Å². The molecule has 2 N–H and O–H groups in total. The van der Waals surface area contributed by atoms with Crippen LogP contribution >= 0.6 is 0 Å². The fourth-order valence-electron chi connectivity index (χ4n) is 1.56. The number of nitrogens with one attached hydrogen (secondary N) is 2. The summed E-state index contributed by atoms with van der Waals surface area (Å²) in [7, 11) is 3.85. The highest BCUT2D eigenvalue weighted by Crippen LogP contribution is 2.07. The Morgan fingerprint density at radius 3 is 2.56 bits per heavy atom. The molecule has 102 valence electrons. The molecule has 0 atom stereocenters. The van der Waals surface area contributed by atoms with Gasteiger partial charge in [0.25, 0.3) is 0 Å². The van der Waals surface area contributed by atoms with Gasteiger partial charge in [0.15, 0.2) is 0 Å². The molecule has 0 aliphatic rings. The molecule has 0 aromatic carbocycles. The van der Waals surface area contributed by atoms with Crippen molar-refractivity contribution in [1.29, 1.82) is 0 Å². The first-order valence-electron chi connectivity index (χ1n) is 6.92. The zero-order chi connectivity index (χ0) is 13.5. The van der Waals surface area contributed by atoms with E-state index in [2.05, 4.69) is 41.6 Å². The van der Waals surface area contributed by atoms with E-state index < -0.39 is 0 Å². The van der Waals surface area contributed by atoms with Crippen molar-refractivity contribution in [2.45, 2.75) is 45.4 Å². The lowest BCUT2D eigenvalue weighted by molar-refractivity contribution is 0.655. The topological polar surface area (TPSA) is 24.1 Å². The number of rotatable bonds is 9. The zero-order valence-corrected chi connectivity index (χ0v) is 12.2. The van der Waals surface area contributed by atoms with Crippen LogP contribution in [0.25, 0.3) is 0 Å². The summed E-state index contributed by atoms with van der Waals surface area (Å²) >= 11 is 0. The summed E-state index contributed by atoms with van der Waals surface area (Å²) < 4.78 is 0. The van der Waals surface area contributed by atoms with E-state index in [1.54, 1.807) is 0 Å². The Hall–Kier alpha value is -1.20. The fraction of sp³-hybridized carbons (Fsp3) is 0.625. The average molecular weight is 248 g/mol. The molecule has 0 fully saturated rings. The lowest BCUT2D eigenvalue weighted by Crippen LogP contribution is -2.04. The number of allylic oxidation sites excluding steroid dienone is 3. The van der Waals surface area contributed by atoms with Gasteiger partial charge in [0.1, 0.15) is 0 Å². The van der Waals surface area contributed by atoms with Gasteiger partial charge in [-0.3, -0.25) is 0 Å². The Labute approximate surface area is 113 Å². The molecule has 0 aromatic rings. The number of hydrogen-bond donors (Lipinski definition) is 2. The van der Waals surface area contributed by atoms with Crippen LogP contribution in [0.2, 0.25) is 0 Å². The van der Waals surface area contributed by atoms with Gasteiger partial charge in [-0.15, -0.1) is 5.92 Å². The number of unbranched alkanes of at least 4 members (excludes halogenated alkanes) is 5. The van der Waals surface area contributed by atoms with Crippen LogP contribution in [0.1, 0.15) is 45.4 Å². The van der Waals surface area contributed by atoms with Crippen molar-refractivity contribution in [1.82, 2.24) is 10.6 Å². The molecule has 0 unspecified atom stereocenters. The minimum Gasteiger partial charge on any atom is -0.394 e. The first kappa shape index (κ1) is 16.8. The van der Waals surface area contributed by atoms with Crippen LogP contribution in [0.5, 0.6) is 0 Å². The van der Waals surface area contributed by atoms with Crippen molar-refractivity contribution in [2.24, 2.45) is 0 Å². The van der Waals surface area contributed by atoms with Crippen molar-refractivity contribution in [3.8, 4) is 11.8 Å². The summed E-state index contributed by atoms with van der Waals surface area (Å²) in [5.74, 6) is 6.27. The van der Waals surface area contributed by atoms with Crippen molar-refractivity contribution < 1.29 is 0 Å². The third kappa shape index (κ3) is 12.9. The Balaban J connectivity index is 3.36. The molecule has 0 heterocycles. The van der Waals surface area contributed by atoms with Gasteiger partial charge in [-0.1, -0.05) is 30.4 Å². The smallest absolute Gasteiger partial charge is 0.0574 e. The molecule has 0 saturated heterocycles. The van der Waals surface area contributed by atoms with Gasteiger partial charge in [0.2, 0.25) is 0 Å². The van der Waals surface area contributed by atoms with Crippen LogP contribution < -0.4 is 10.6 Å². The Morgan fingerprint density at radius 2 is 1.83 bits per heavy atom. The Bertz CT molecular complexity index is 292. The van der Waals surface area contributed by atoms with Gasteiger partial charge in [0.05, 0.1) is 6.54 Å². The van der Waals surface area contributed by atoms with Crippen LogP contribution in [0, 0.1) is 11.8 Å². The summed E-state index contributed by atoms with van der Waals surface area (Å²) in [4.78, 5) is 0. The van der Waals surface area contributed by atoms with Crippen molar-refractivity contribution >= 4 is 0 Å². The minimum absolute atomic E-state index is 0.810. The largest absolute Gasteiger partial charge is 0.394 e. The van der Waals surface area contributed by atoms with Gasteiger partial charge in [0, 0.05) is 13.5 Å². The SMILES string of the molecule is CN/C=C\C(C)=C\CCCCCCC#CCNC. The quantitative estimate of drug-likeness (QED) is 0.372. The molecule has 2 nitrogen and oxygen atoms in total. The van der Waals surface area contributed by atoms with E-state index in [1.165, 1.54) is 37.7 Å². The van der Waals surface area contributed by atoms with Gasteiger partial charge < -0.3 is 10.6 Å². The predicted octanol–water partition coefficient (Wildman–Crippen LogP) is 3.23. The molecule has 0 saturated carbocycles. The van der Waals surface area contributed by atoms with E-state index in [-0.39, 0.29) is 0 Å². The summed E-state index contributed by atoms with van der Waals surface area (Å²) in [6.45, 7) is 2.95. The average Bonchev–Trinajstić information content (AvgIpc) is 2.38. The van der Waals surface area contributed by atoms with Crippen LogP contribution in [0.4, 0.5) is 0 Å². The van der Waals surface area contributed by atoms with Crippen molar-refractivity contribution in [3.63, 3.8) is 0 Å². The molecule has 18 heavy (non-hydrogen) atoms. The molecule has 0 spiro atoms. The fourth-order valence-corrected chi connectivity index (χ4v) is 1.56. The molecule has 0 aromatic heterocycles. The summed E-state index contributed by atoms with van der Waals surface area (Å²) in [5, 5.41) is 6.02. The van der Waals surface area contributed by atoms with Gasteiger partial charge >= 0.3 is 0 Å². The first-order valence-corrected chi connectivity index (χ1v) is 6.92. The highest BCUT2D eigenvalue weighted by molar-refractivity contribution is 5.14. The van der Waals surface area contributed by atoms with Gasteiger partial charge in [-0.2, -0.15) is 0 Å². The summed E-state index contributed by atoms with van der Waals surface area (Å²) in [5.41, 5.74) is 1.34. The Morgan fingerprint density at radius 1 is 1.06 bits per heavy atom. The summed E-state index contributed by atoms with van der Waals surface area (Å²) in [6.07, 6.45) is 13.7. The summed E-state index contributed by atoms with van der Waals surface area (Å²) in [6, 6.07) is 0. The Kier molecular flexibility index (Phi) is 12.9. The van der Waals surface area contributed by atoms with Crippen molar-refractivity contribution in [3.05, 3.63) is 23.9 Å². The van der Waals surface area contributed by atoms with Gasteiger partial charge in [-0.05, 0) is 45.5 Å². The standard InChI is InChI=1S/C16H28N2/c1-16(13-15-18-3)12-10-8-6-4-5-7-9-11-14-17-2/h12-13,15,17-18H,4-8,10,14H2,1-3H3/b15-13-,16-12+. The normalized spacial score (nSPS) is 11.4. The molecule has 0 radical (unpaired) electrons. The lowest BCUT2D eigenvalue weighted by Gasteiger charge is -1.97.